The molecule has 0 unspecified atom stereocenters. The molecule has 9 heteroatoms. The van der Waals surface area contributed by atoms with Gasteiger partial charge in [0.05, 0.1) is 11.9 Å². The van der Waals surface area contributed by atoms with Gasteiger partial charge in [-0.25, -0.2) is 4.98 Å². The highest BCUT2D eigenvalue weighted by Crippen LogP contribution is 2.53. The third-order valence-corrected chi connectivity index (χ3v) is 8.23. The van der Waals surface area contributed by atoms with Crippen molar-refractivity contribution in [2.45, 2.75) is 75.6 Å². The van der Waals surface area contributed by atoms with Gasteiger partial charge < -0.3 is 9.17 Å². The lowest BCUT2D eigenvalue weighted by atomic mass is 9.83. The standard InChI is InChI=1S/C22H25F3N2O3S/c23-22(24,25)31(28,29)30-19-8-7-15(16-11-21(12-17(16)19)9-3-4-10-21)18-13-26-20(27-18)14-5-1-2-6-14/h7-8,13-14H,1-6,9-12H2,(H,26,27). The molecule has 1 heterocycles. The van der Waals surface area contributed by atoms with Crippen LogP contribution in [0.2, 0.25) is 0 Å². The topological polar surface area (TPSA) is 72.1 Å². The molecule has 1 aromatic carbocycles. The SMILES string of the molecule is O=S(=O)(Oc1ccc(-c2cnc(C3CCCC3)[nH]2)c2c1CC1(CCCC1)C2)C(F)(F)F. The second-order valence-electron chi connectivity index (χ2n) is 9.28. The summed E-state index contributed by atoms with van der Waals surface area (Å²) in [4.78, 5) is 7.99. The van der Waals surface area contributed by atoms with E-state index in [2.05, 4.69) is 14.2 Å². The number of benzene rings is 1. The Labute approximate surface area is 179 Å². The van der Waals surface area contributed by atoms with E-state index < -0.39 is 15.6 Å². The van der Waals surface area contributed by atoms with Crippen molar-refractivity contribution in [1.82, 2.24) is 9.97 Å². The Morgan fingerprint density at radius 1 is 1.03 bits per heavy atom. The number of aromatic amines is 1. The van der Waals surface area contributed by atoms with Crippen LogP contribution in [-0.4, -0.2) is 23.9 Å². The fraction of sp³-hybridized carbons (Fsp3) is 0.591. The van der Waals surface area contributed by atoms with Crippen LogP contribution in [0.5, 0.6) is 5.75 Å². The van der Waals surface area contributed by atoms with Crippen molar-refractivity contribution in [3.05, 3.63) is 35.3 Å². The van der Waals surface area contributed by atoms with E-state index in [0.717, 1.165) is 67.6 Å². The van der Waals surface area contributed by atoms with Crippen LogP contribution >= 0.6 is 0 Å². The van der Waals surface area contributed by atoms with Gasteiger partial charge in [-0.1, -0.05) is 25.7 Å². The number of hydrogen-bond donors (Lipinski definition) is 1. The highest BCUT2D eigenvalue weighted by Gasteiger charge is 2.50. The molecule has 168 valence electrons. The van der Waals surface area contributed by atoms with Crippen LogP contribution in [0.4, 0.5) is 13.2 Å². The van der Waals surface area contributed by atoms with Gasteiger partial charge in [-0.15, -0.1) is 0 Å². The minimum absolute atomic E-state index is 0.0210. The van der Waals surface area contributed by atoms with Gasteiger partial charge in [0, 0.05) is 17.0 Å². The molecule has 2 fully saturated rings. The third kappa shape index (κ3) is 3.64. The summed E-state index contributed by atoms with van der Waals surface area (Å²) in [6.45, 7) is 0. The predicted octanol–water partition coefficient (Wildman–Crippen LogP) is 5.62. The molecule has 3 aliphatic rings. The Hall–Kier alpha value is -2.03. The van der Waals surface area contributed by atoms with Gasteiger partial charge in [-0.3, -0.25) is 0 Å². The number of rotatable bonds is 4. The van der Waals surface area contributed by atoms with Gasteiger partial charge in [0.2, 0.25) is 0 Å². The second-order valence-corrected chi connectivity index (χ2v) is 10.8. The van der Waals surface area contributed by atoms with Crippen molar-refractivity contribution in [2.75, 3.05) is 0 Å². The van der Waals surface area contributed by atoms with Crippen molar-refractivity contribution in [3.8, 4) is 17.0 Å². The van der Waals surface area contributed by atoms with Gasteiger partial charge in [0.1, 0.15) is 11.6 Å². The third-order valence-electron chi connectivity index (χ3n) is 7.27. The summed E-state index contributed by atoms with van der Waals surface area (Å²) in [7, 11) is -5.71. The number of aromatic nitrogens is 2. The fourth-order valence-corrected chi connectivity index (χ4v) is 6.22. The first-order valence-electron chi connectivity index (χ1n) is 10.9. The van der Waals surface area contributed by atoms with Gasteiger partial charge in [0.25, 0.3) is 0 Å². The average Bonchev–Trinajstić information content (AvgIpc) is 3.49. The largest absolute Gasteiger partial charge is 0.534 e. The summed E-state index contributed by atoms with van der Waals surface area (Å²) < 4.78 is 66.8. The number of H-pyrrole nitrogens is 1. The van der Waals surface area contributed by atoms with E-state index in [-0.39, 0.29) is 11.2 Å². The van der Waals surface area contributed by atoms with E-state index in [1.54, 1.807) is 12.3 Å². The van der Waals surface area contributed by atoms with Crippen molar-refractivity contribution >= 4 is 10.1 Å². The fourth-order valence-electron chi connectivity index (χ4n) is 5.73. The van der Waals surface area contributed by atoms with Gasteiger partial charge in [0.15, 0.2) is 0 Å². The maximum absolute atomic E-state index is 12.9. The molecule has 1 spiro atoms. The highest BCUT2D eigenvalue weighted by atomic mass is 32.2. The summed E-state index contributed by atoms with van der Waals surface area (Å²) in [6, 6.07) is 3.03. The second kappa shape index (κ2) is 7.25. The molecule has 1 aromatic heterocycles. The summed E-state index contributed by atoms with van der Waals surface area (Å²) in [5, 5.41) is 0. The van der Waals surface area contributed by atoms with Gasteiger partial charge >= 0.3 is 15.6 Å². The molecule has 5 rings (SSSR count). The van der Waals surface area contributed by atoms with Crippen LogP contribution in [0.3, 0.4) is 0 Å². The van der Waals surface area contributed by atoms with Gasteiger partial charge in [-0.2, -0.15) is 21.6 Å². The number of imidazole rings is 1. The molecule has 1 N–H and O–H groups in total. The Kier molecular flexibility index (Phi) is 4.88. The summed E-state index contributed by atoms with van der Waals surface area (Å²) >= 11 is 0. The van der Waals surface area contributed by atoms with Crippen LogP contribution in [0.15, 0.2) is 18.3 Å². The number of hydrogen-bond acceptors (Lipinski definition) is 4. The summed E-state index contributed by atoms with van der Waals surface area (Å²) in [5.74, 6) is 1.17. The van der Waals surface area contributed by atoms with Crippen LogP contribution in [-0.2, 0) is 23.0 Å². The molecule has 2 saturated carbocycles. The van der Waals surface area contributed by atoms with Crippen LogP contribution in [0.25, 0.3) is 11.3 Å². The Morgan fingerprint density at radius 3 is 2.39 bits per heavy atom. The molecule has 0 bridgehead atoms. The number of nitrogens with zero attached hydrogens (tertiary/aromatic N) is 1. The molecule has 0 radical (unpaired) electrons. The van der Waals surface area contributed by atoms with E-state index in [1.165, 1.54) is 18.9 Å². The Morgan fingerprint density at radius 2 is 1.71 bits per heavy atom. The molecule has 3 aliphatic carbocycles. The Balaban J connectivity index is 1.55. The summed E-state index contributed by atoms with van der Waals surface area (Å²) in [5.41, 5.74) is -2.29. The van der Waals surface area contributed by atoms with Crippen LogP contribution in [0, 0.1) is 5.41 Å². The average molecular weight is 455 g/mol. The minimum Gasteiger partial charge on any atom is -0.376 e. The lowest BCUT2D eigenvalue weighted by Crippen LogP contribution is -2.28. The van der Waals surface area contributed by atoms with Gasteiger partial charge in [-0.05, 0) is 61.6 Å². The van der Waals surface area contributed by atoms with Crippen LogP contribution in [0.1, 0.15) is 74.2 Å². The number of alkyl halides is 3. The number of fused-ring (bicyclic) bond motifs is 1. The van der Waals surface area contributed by atoms with Crippen molar-refractivity contribution in [3.63, 3.8) is 0 Å². The maximum atomic E-state index is 12.9. The first-order valence-corrected chi connectivity index (χ1v) is 12.3. The van der Waals surface area contributed by atoms with Crippen LogP contribution < -0.4 is 4.18 Å². The molecule has 5 nitrogen and oxygen atoms in total. The van der Waals surface area contributed by atoms with Crippen molar-refractivity contribution in [2.24, 2.45) is 5.41 Å². The monoisotopic (exact) mass is 454 g/mol. The van der Waals surface area contributed by atoms with E-state index in [4.69, 9.17) is 0 Å². The molecule has 0 saturated heterocycles. The molecule has 0 aliphatic heterocycles. The van der Waals surface area contributed by atoms with Crippen molar-refractivity contribution in [1.29, 1.82) is 0 Å². The summed E-state index contributed by atoms with van der Waals surface area (Å²) in [6.07, 6.45) is 11.8. The van der Waals surface area contributed by atoms with E-state index in [1.807, 2.05) is 0 Å². The molecule has 2 aromatic rings. The smallest absolute Gasteiger partial charge is 0.376 e. The lowest BCUT2D eigenvalue weighted by molar-refractivity contribution is -0.0500. The van der Waals surface area contributed by atoms with E-state index in [9.17, 15) is 21.6 Å². The molecule has 0 atom stereocenters. The zero-order chi connectivity index (χ0) is 21.9. The first kappa shape index (κ1) is 20.8. The number of halogens is 3. The molecule has 0 amide bonds. The minimum atomic E-state index is -5.71. The zero-order valence-corrected chi connectivity index (χ0v) is 17.9. The lowest BCUT2D eigenvalue weighted by Gasteiger charge is -2.21. The zero-order valence-electron chi connectivity index (χ0n) is 17.1. The maximum Gasteiger partial charge on any atom is 0.534 e. The first-order chi connectivity index (χ1) is 14.7. The number of nitrogens with one attached hydrogen (secondary N) is 1. The molecular formula is C22H25F3N2O3S. The normalized spacial score (nSPS) is 21.1. The Bertz CT molecular complexity index is 1100. The predicted molar refractivity (Wildman–Crippen MR) is 109 cm³/mol. The van der Waals surface area contributed by atoms with E-state index in [0.29, 0.717) is 17.9 Å². The van der Waals surface area contributed by atoms with Crippen molar-refractivity contribution < 1.29 is 25.8 Å². The van der Waals surface area contributed by atoms with E-state index >= 15 is 0 Å². The quantitative estimate of drug-likeness (QED) is 0.481. The molecule has 31 heavy (non-hydrogen) atoms. The highest BCUT2D eigenvalue weighted by molar-refractivity contribution is 7.88. The molecular weight excluding hydrogens is 429 g/mol.